The van der Waals surface area contributed by atoms with E-state index in [4.69, 9.17) is 13.8 Å². The van der Waals surface area contributed by atoms with Gasteiger partial charge in [-0.2, -0.15) is 0 Å². The number of aliphatic hydroxyl groups is 1. The molecule has 0 aliphatic carbocycles. The number of phosphoric acid groups is 1. The summed E-state index contributed by atoms with van der Waals surface area (Å²) in [6, 6.07) is 0. The van der Waals surface area contributed by atoms with Crippen molar-refractivity contribution < 1.29 is 37.9 Å². The van der Waals surface area contributed by atoms with Gasteiger partial charge in [0.1, 0.15) is 12.7 Å². The molecule has 2 atom stereocenters. The van der Waals surface area contributed by atoms with Gasteiger partial charge < -0.3 is 20.1 Å². The van der Waals surface area contributed by atoms with Gasteiger partial charge in [0.05, 0.1) is 13.2 Å². The summed E-state index contributed by atoms with van der Waals surface area (Å²) in [6.45, 7) is 3.41. The Bertz CT molecular complexity index is 1210. The number of hydrogen-bond donors (Lipinski definition) is 3. The molecule has 0 aliphatic rings. The number of aliphatic hydroxyl groups excluding tert-OH is 1. The van der Waals surface area contributed by atoms with Gasteiger partial charge in [0.25, 0.3) is 0 Å². The molecule has 0 aromatic carbocycles. The quantitative estimate of drug-likeness (QED) is 0.0239. The molecule has 2 unspecified atom stereocenters. The molecule has 0 aromatic rings. The fraction of sp³-hybridized carbons (Fsp3) is 0.720. The predicted molar refractivity (Wildman–Crippen MR) is 252 cm³/mol. The molecule has 3 N–H and O–H groups in total. The standard InChI is InChI=1S/C50H88NO8P/c1-3-5-7-9-11-13-15-17-19-21-22-23-24-25-26-27-28-30-32-34-36-38-40-42-49(53)51-44-45-58-60(55,56)59-47-48(52)46-57-50(54)43-41-39-37-35-33-31-29-20-18-16-14-12-10-8-6-4-2/h5,7,11,13,17,19-20,22-23,25-26,29,48,52H,3-4,6,8-10,12,14-16,18,21,24,27-28,30-47H2,1-2H3,(H,51,53)(H,55,56)/b7-5-,13-11-,19-17-,23-22-,26-25-,29-20-. The van der Waals surface area contributed by atoms with Crippen LogP contribution in [0.5, 0.6) is 0 Å². The van der Waals surface area contributed by atoms with Gasteiger partial charge in [-0.05, 0) is 83.5 Å². The molecule has 0 bridgehead atoms. The first kappa shape index (κ1) is 57.4. The van der Waals surface area contributed by atoms with Crippen molar-refractivity contribution in [2.24, 2.45) is 0 Å². The molecule has 0 saturated heterocycles. The third kappa shape index (κ3) is 46.5. The van der Waals surface area contributed by atoms with Gasteiger partial charge in [-0.25, -0.2) is 4.57 Å². The Morgan fingerprint density at radius 3 is 1.45 bits per heavy atom. The average Bonchev–Trinajstić information content (AvgIpc) is 3.23. The van der Waals surface area contributed by atoms with Crippen molar-refractivity contribution in [3.05, 3.63) is 72.9 Å². The Morgan fingerprint density at radius 1 is 0.533 bits per heavy atom. The number of amides is 1. The fourth-order valence-corrected chi connectivity index (χ4v) is 7.04. The molecule has 60 heavy (non-hydrogen) atoms. The van der Waals surface area contributed by atoms with Gasteiger partial charge >= 0.3 is 13.8 Å². The molecule has 0 aromatic heterocycles. The Labute approximate surface area is 367 Å². The molecular formula is C50H88NO8P. The average molecular weight is 862 g/mol. The van der Waals surface area contributed by atoms with Crippen LogP contribution >= 0.6 is 7.82 Å². The zero-order chi connectivity index (χ0) is 43.9. The Balaban J connectivity index is 3.62. The normalized spacial score (nSPS) is 13.9. The maximum absolute atomic E-state index is 12.1. The largest absolute Gasteiger partial charge is 0.472 e. The van der Waals surface area contributed by atoms with Crippen LogP contribution < -0.4 is 5.32 Å². The lowest BCUT2D eigenvalue weighted by Gasteiger charge is -2.15. The zero-order valence-electron chi connectivity index (χ0n) is 38.1. The Morgan fingerprint density at radius 2 is 0.950 bits per heavy atom. The first-order valence-corrected chi connectivity index (χ1v) is 25.4. The lowest BCUT2D eigenvalue weighted by molar-refractivity contribution is -0.147. The summed E-state index contributed by atoms with van der Waals surface area (Å²) < 4.78 is 26.9. The summed E-state index contributed by atoms with van der Waals surface area (Å²) in [4.78, 5) is 34.0. The third-order valence-corrected chi connectivity index (χ3v) is 10.9. The Kier molecular flexibility index (Phi) is 44.0. The Hall–Kier alpha value is -2.55. The van der Waals surface area contributed by atoms with Crippen LogP contribution in [0, 0.1) is 0 Å². The van der Waals surface area contributed by atoms with Crippen LogP contribution in [0.1, 0.15) is 200 Å². The number of carbonyl (C=O) groups is 2. The van der Waals surface area contributed by atoms with Crippen LogP contribution in [0.15, 0.2) is 72.9 Å². The van der Waals surface area contributed by atoms with Crippen LogP contribution in [0.3, 0.4) is 0 Å². The van der Waals surface area contributed by atoms with E-state index < -0.39 is 26.5 Å². The van der Waals surface area contributed by atoms with Crippen molar-refractivity contribution in [3.8, 4) is 0 Å². The van der Waals surface area contributed by atoms with Gasteiger partial charge in [-0.1, -0.05) is 177 Å². The van der Waals surface area contributed by atoms with E-state index in [1.165, 1.54) is 77.0 Å². The predicted octanol–water partition coefficient (Wildman–Crippen LogP) is 13.8. The van der Waals surface area contributed by atoms with E-state index in [1.807, 2.05) is 0 Å². The number of carbonyl (C=O) groups excluding carboxylic acids is 2. The molecule has 346 valence electrons. The molecule has 0 radical (unpaired) electrons. The van der Waals surface area contributed by atoms with Crippen molar-refractivity contribution in [1.82, 2.24) is 5.32 Å². The molecule has 1 amide bonds. The van der Waals surface area contributed by atoms with Crippen molar-refractivity contribution in [2.75, 3.05) is 26.4 Å². The summed E-state index contributed by atoms with van der Waals surface area (Å²) in [5, 5.41) is 12.7. The first-order valence-electron chi connectivity index (χ1n) is 23.9. The highest BCUT2D eigenvalue weighted by molar-refractivity contribution is 7.47. The smallest absolute Gasteiger partial charge is 0.463 e. The summed E-state index contributed by atoms with van der Waals surface area (Å²) in [7, 11) is -4.43. The first-order chi connectivity index (χ1) is 29.3. The van der Waals surface area contributed by atoms with E-state index in [2.05, 4.69) is 92.1 Å². The third-order valence-electron chi connectivity index (χ3n) is 9.87. The lowest BCUT2D eigenvalue weighted by Crippen LogP contribution is -2.27. The summed E-state index contributed by atoms with van der Waals surface area (Å²) >= 11 is 0. The van der Waals surface area contributed by atoms with E-state index in [-0.39, 0.29) is 32.1 Å². The molecule has 0 spiro atoms. The highest BCUT2D eigenvalue weighted by Gasteiger charge is 2.23. The van der Waals surface area contributed by atoms with Crippen molar-refractivity contribution in [1.29, 1.82) is 0 Å². The fourth-order valence-electron chi connectivity index (χ4n) is 6.28. The van der Waals surface area contributed by atoms with Crippen molar-refractivity contribution in [2.45, 2.75) is 206 Å². The minimum absolute atomic E-state index is 0.0706. The molecule has 0 fully saturated rings. The van der Waals surface area contributed by atoms with Gasteiger partial charge in [0, 0.05) is 19.4 Å². The highest BCUT2D eigenvalue weighted by Crippen LogP contribution is 2.42. The molecule has 10 heteroatoms. The zero-order valence-corrected chi connectivity index (χ0v) is 39.0. The molecule has 0 rings (SSSR count). The molecular weight excluding hydrogens is 774 g/mol. The summed E-state index contributed by atoms with van der Waals surface area (Å²) in [5.41, 5.74) is 0. The topological polar surface area (TPSA) is 131 Å². The van der Waals surface area contributed by atoms with Crippen molar-refractivity contribution in [3.63, 3.8) is 0 Å². The van der Waals surface area contributed by atoms with Gasteiger partial charge in [-0.3, -0.25) is 18.6 Å². The van der Waals surface area contributed by atoms with E-state index in [9.17, 15) is 24.2 Å². The summed E-state index contributed by atoms with van der Waals surface area (Å²) in [5.74, 6) is -0.538. The van der Waals surface area contributed by atoms with Crippen molar-refractivity contribution >= 4 is 19.7 Å². The van der Waals surface area contributed by atoms with Crippen LogP contribution in [-0.4, -0.2) is 54.3 Å². The van der Waals surface area contributed by atoms with E-state index in [0.717, 1.165) is 96.3 Å². The number of unbranched alkanes of at least 4 members (excludes halogenated alkanes) is 19. The van der Waals surface area contributed by atoms with Crippen LogP contribution in [0.4, 0.5) is 0 Å². The van der Waals surface area contributed by atoms with E-state index >= 15 is 0 Å². The van der Waals surface area contributed by atoms with E-state index in [1.54, 1.807) is 0 Å². The highest BCUT2D eigenvalue weighted by atomic mass is 31.2. The number of allylic oxidation sites excluding steroid dienone is 12. The molecule has 0 aliphatic heterocycles. The number of ether oxygens (including phenoxy) is 1. The van der Waals surface area contributed by atoms with Gasteiger partial charge in [-0.15, -0.1) is 0 Å². The number of esters is 1. The molecule has 9 nitrogen and oxygen atoms in total. The molecule has 0 heterocycles. The molecule has 0 saturated carbocycles. The maximum atomic E-state index is 12.1. The second-order valence-electron chi connectivity index (χ2n) is 15.7. The maximum Gasteiger partial charge on any atom is 0.472 e. The number of rotatable bonds is 44. The lowest BCUT2D eigenvalue weighted by atomic mass is 10.1. The van der Waals surface area contributed by atoms with E-state index in [0.29, 0.717) is 6.42 Å². The monoisotopic (exact) mass is 862 g/mol. The van der Waals surface area contributed by atoms with Crippen LogP contribution in [-0.2, 0) is 27.9 Å². The number of hydrogen-bond acceptors (Lipinski definition) is 7. The van der Waals surface area contributed by atoms with Crippen LogP contribution in [0.2, 0.25) is 0 Å². The number of nitrogens with one attached hydrogen (secondary N) is 1. The SMILES string of the molecule is CC/C=C\C/C=C\C/C=C\C/C=C\C/C=C\CCCCCCCCCC(=O)NCCOP(=O)(O)OCC(O)COC(=O)CCCCCCC/C=C\CCCCCCCCC. The summed E-state index contributed by atoms with van der Waals surface area (Å²) in [6.07, 6.45) is 56.9. The second kappa shape index (κ2) is 46.0. The second-order valence-corrected chi connectivity index (χ2v) is 17.1. The minimum Gasteiger partial charge on any atom is -0.463 e. The van der Waals surface area contributed by atoms with Crippen LogP contribution in [0.25, 0.3) is 0 Å². The van der Waals surface area contributed by atoms with Gasteiger partial charge in [0.2, 0.25) is 5.91 Å². The number of phosphoric ester groups is 1. The minimum atomic E-state index is -4.43. The van der Waals surface area contributed by atoms with Gasteiger partial charge in [0.15, 0.2) is 0 Å².